The van der Waals surface area contributed by atoms with Crippen LogP contribution in [0.2, 0.25) is 0 Å². The van der Waals surface area contributed by atoms with E-state index in [9.17, 15) is 13.2 Å². The average molecular weight is 367 g/mol. The lowest BCUT2D eigenvalue weighted by molar-refractivity contribution is -0.123. The molecule has 0 fully saturated rings. The van der Waals surface area contributed by atoms with E-state index in [0.29, 0.717) is 13.0 Å². The second kappa shape index (κ2) is 8.46. The van der Waals surface area contributed by atoms with Crippen LogP contribution in [0.5, 0.6) is 0 Å². The van der Waals surface area contributed by atoms with Gasteiger partial charge < -0.3 is 15.6 Å². The number of fused-ring (bicyclic) bond motifs is 1. The van der Waals surface area contributed by atoms with Gasteiger partial charge in [-0.25, -0.2) is 0 Å². The number of nitrogens with one attached hydrogen (secondary N) is 3. The minimum Gasteiger partial charge on any atom is -0.361 e. The van der Waals surface area contributed by atoms with Gasteiger partial charge in [0.25, 0.3) is 10.1 Å². The molecule has 0 unspecified atom stereocenters. The van der Waals surface area contributed by atoms with Crippen LogP contribution in [-0.4, -0.2) is 48.2 Å². The van der Waals surface area contributed by atoms with E-state index >= 15 is 0 Å². The Morgan fingerprint density at radius 1 is 1.28 bits per heavy atom. The summed E-state index contributed by atoms with van der Waals surface area (Å²) in [6.45, 7) is 4.09. The molecule has 4 N–H and O–H groups in total. The Bertz CT molecular complexity index is 814. The Morgan fingerprint density at radius 3 is 2.68 bits per heavy atom. The molecule has 8 heteroatoms. The minimum atomic E-state index is -3.99. The number of aromatic amines is 1. The molecule has 2 aromatic rings. The maximum Gasteiger partial charge on any atom is 0.264 e. The Kier molecular flexibility index (Phi) is 6.57. The third-order valence-corrected chi connectivity index (χ3v) is 4.62. The zero-order valence-electron chi connectivity index (χ0n) is 14.5. The number of benzene rings is 1. The fraction of sp³-hybridized carbons (Fsp3) is 0.471. The molecule has 25 heavy (non-hydrogen) atoms. The van der Waals surface area contributed by atoms with Crippen molar-refractivity contribution >= 4 is 26.9 Å². The van der Waals surface area contributed by atoms with Crippen molar-refractivity contribution in [3.8, 4) is 0 Å². The SMILES string of the molecule is CC(C)NC(=O)[C@@H](Cc1c[nH]c2ccccc12)NCCCS(=O)(=O)O. The number of hydrogen-bond acceptors (Lipinski definition) is 4. The summed E-state index contributed by atoms with van der Waals surface area (Å²) in [5, 5.41) is 7.04. The molecule has 1 amide bonds. The lowest BCUT2D eigenvalue weighted by Crippen LogP contribution is -2.48. The smallest absolute Gasteiger partial charge is 0.264 e. The highest BCUT2D eigenvalue weighted by atomic mass is 32.2. The quantitative estimate of drug-likeness (QED) is 0.396. The maximum absolute atomic E-state index is 12.5. The number of amides is 1. The van der Waals surface area contributed by atoms with E-state index in [1.807, 2.05) is 44.3 Å². The normalized spacial score (nSPS) is 13.3. The fourth-order valence-corrected chi connectivity index (χ4v) is 3.20. The number of H-pyrrole nitrogens is 1. The molecule has 0 saturated carbocycles. The molecule has 1 aromatic heterocycles. The Hall–Kier alpha value is -1.90. The van der Waals surface area contributed by atoms with E-state index < -0.39 is 16.2 Å². The lowest BCUT2D eigenvalue weighted by atomic mass is 10.0. The van der Waals surface area contributed by atoms with Crippen LogP contribution in [-0.2, 0) is 21.3 Å². The van der Waals surface area contributed by atoms with Crippen molar-refractivity contribution in [1.29, 1.82) is 0 Å². The van der Waals surface area contributed by atoms with E-state index in [1.54, 1.807) is 0 Å². The first kappa shape index (κ1) is 19.4. The summed E-state index contributed by atoms with van der Waals surface area (Å²) in [4.78, 5) is 15.6. The first-order valence-electron chi connectivity index (χ1n) is 8.30. The predicted molar refractivity (Wildman–Crippen MR) is 98.1 cm³/mol. The van der Waals surface area contributed by atoms with Crippen LogP contribution in [0.3, 0.4) is 0 Å². The van der Waals surface area contributed by atoms with Crippen molar-refractivity contribution in [2.75, 3.05) is 12.3 Å². The van der Waals surface area contributed by atoms with Crippen LogP contribution in [0.25, 0.3) is 10.9 Å². The summed E-state index contributed by atoms with van der Waals surface area (Å²) >= 11 is 0. The molecule has 0 spiro atoms. The van der Waals surface area contributed by atoms with Crippen LogP contribution >= 0.6 is 0 Å². The van der Waals surface area contributed by atoms with Crippen LogP contribution < -0.4 is 10.6 Å². The van der Waals surface area contributed by atoms with E-state index in [-0.39, 0.29) is 24.1 Å². The third kappa shape index (κ3) is 6.15. The molecule has 7 nitrogen and oxygen atoms in total. The van der Waals surface area contributed by atoms with Gasteiger partial charge in [0.05, 0.1) is 11.8 Å². The van der Waals surface area contributed by atoms with Crippen molar-refractivity contribution in [3.05, 3.63) is 36.0 Å². The topological polar surface area (TPSA) is 111 Å². The first-order valence-corrected chi connectivity index (χ1v) is 9.91. The first-order chi connectivity index (χ1) is 11.8. The van der Waals surface area contributed by atoms with Gasteiger partial charge in [-0.2, -0.15) is 8.42 Å². The zero-order chi connectivity index (χ0) is 18.4. The number of aromatic nitrogens is 1. The standard InChI is InChI=1S/C17H25N3O4S/c1-12(2)20-17(21)16(18-8-5-9-25(22,23)24)10-13-11-19-15-7-4-3-6-14(13)15/h3-4,6-7,11-12,16,18-19H,5,8-10H2,1-2H3,(H,20,21)(H,22,23,24)/t16-/m1/s1. The van der Waals surface area contributed by atoms with Crippen molar-refractivity contribution in [2.45, 2.75) is 38.8 Å². The molecule has 0 aliphatic rings. The van der Waals surface area contributed by atoms with Crippen LogP contribution in [0.1, 0.15) is 25.8 Å². The number of para-hydroxylation sites is 1. The van der Waals surface area contributed by atoms with Crippen molar-refractivity contribution in [3.63, 3.8) is 0 Å². The lowest BCUT2D eigenvalue weighted by Gasteiger charge is -2.20. The van der Waals surface area contributed by atoms with Crippen LogP contribution in [0.4, 0.5) is 0 Å². The highest BCUT2D eigenvalue weighted by Gasteiger charge is 2.20. The average Bonchev–Trinajstić information content (AvgIpc) is 2.91. The van der Waals surface area contributed by atoms with E-state index in [1.165, 1.54) is 0 Å². The maximum atomic E-state index is 12.5. The molecular formula is C17H25N3O4S. The highest BCUT2D eigenvalue weighted by molar-refractivity contribution is 7.85. The molecule has 1 atom stereocenters. The molecule has 0 aliphatic heterocycles. The van der Waals surface area contributed by atoms with Gasteiger partial charge in [-0.1, -0.05) is 18.2 Å². The van der Waals surface area contributed by atoms with Crippen molar-refractivity contribution < 1.29 is 17.8 Å². The van der Waals surface area contributed by atoms with Crippen LogP contribution in [0, 0.1) is 0 Å². The Labute approximate surface area is 147 Å². The Morgan fingerprint density at radius 2 is 2.00 bits per heavy atom. The molecule has 2 rings (SSSR count). The number of rotatable bonds is 9. The van der Waals surface area contributed by atoms with Gasteiger partial charge in [-0.05, 0) is 44.9 Å². The second-order valence-corrected chi connectivity index (χ2v) is 7.95. The molecule has 0 saturated heterocycles. The van der Waals surface area contributed by atoms with Gasteiger partial charge in [0.15, 0.2) is 0 Å². The summed E-state index contributed by atoms with van der Waals surface area (Å²) in [6.07, 6.45) is 2.60. The van der Waals surface area contributed by atoms with Gasteiger partial charge in [0, 0.05) is 23.1 Å². The third-order valence-electron chi connectivity index (χ3n) is 3.82. The van der Waals surface area contributed by atoms with Gasteiger partial charge in [-0.3, -0.25) is 9.35 Å². The van der Waals surface area contributed by atoms with Gasteiger partial charge in [0.1, 0.15) is 0 Å². The molecule has 0 aliphatic carbocycles. The van der Waals surface area contributed by atoms with Gasteiger partial charge >= 0.3 is 0 Å². The predicted octanol–water partition coefficient (Wildman–Crippen LogP) is 1.47. The van der Waals surface area contributed by atoms with E-state index in [0.717, 1.165) is 16.5 Å². The van der Waals surface area contributed by atoms with E-state index in [4.69, 9.17) is 4.55 Å². The van der Waals surface area contributed by atoms with Gasteiger partial charge in [0.2, 0.25) is 5.91 Å². The largest absolute Gasteiger partial charge is 0.361 e. The van der Waals surface area contributed by atoms with Crippen molar-refractivity contribution in [2.24, 2.45) is 0 Å². The summed E-state index contributed by atoms with van der Waals surface area (Å²) in [5.41, 5.74) is 2.02. The minimum absolute atomic E-state index is 0.0117. The van der Waals surface area contributed by atoms with Crippen molar-refractivity contribution in [1.82, 2.24) is 15.6 Å². The zero-order valence-corrected chi connectivity index (χ0v) is 15.3. The Balaban J connectivity index is 2.07. The number of carbonyl (C=O) groups excluding carboxylic acids is 1. The highest BCUT2D eigenvalue weighted by Crippen LogP contribution is 2.19. The molecule has 0 bridgehead atoms. The monoisotopic (exact) mass is 367 g/mol. The molecule has 0 radical (unpaired) electrons. The summed E-state index contributed by atoms with van der Waals surface area (Å²) in [7, 11) is -3.99. The molecule has 1 heterocycles. The summed E-state index contributed by atoms with van der Waals surface area (Å²) in [6, 6.07) is 7.39. The second-order valence-electron chi connectivity index (χ2n) is 6.37. The molecule has 1 aromatic carbocycles. The van der Waals surface area contributed by atoms with Crippen LogP contribution in [0.15, 0.2) is 30.5 Å². The van der Waals surface area contributed by atoms with Gasteiger partial charge in [-0.15, -0.1) is 0 Å². The number of hydrogen-bond donors (Lipinski definition) is 4. The fourth-order valence-electron chi connectivity index (χ4n) is 2.69. The van der Waals surface area contributed by atoms with E-state index in [2.05, 4.69) is 15.6 Å². The molecule has 138 valence electrons. The number of carbonyl (C=O) groups is 1. The summed E-state index contributed by atoms with van der Waals surface area (Å²) in [5.74, 6) is -0.460. The summed E-state index contributed by atoms with van der Waals surface area (Å²) < 4.78 is 30.4. The molecular weight excluding hydrogens is 342 g/mol.